The van der Waals surface area contributed by atoms with Gasteiger partial charge in [-0.15, -0.1) is 11.3 Å². The number of aliphatic hydroxyl groups excluding tert-OH is 1. The molecule has 8 nitrogen and oxygen atoms in total. The van der Waals surface area contributed by atoms with Crippen molar-refractivity contribution >= 4 is 34.7 Å². The number of amides is 2. The van der Waals surface area contributed by atoms with Gasteiger partial charge in [-0.3, -0.25) is 19.3 Å². The summed E-state index contributed by atoms with van der Waals surface area (Å²) in [6.45, 7) is 4.72. The minimum Gasteiger partial charge on any atom is -0.392 e. The molecule has 2 N–H and O–H groups in total. The summed E-state index contributed by atoms with van der Waals surface area (Å²) in [5.74, 6) is 0.180. The van der Waals surface area contributed by atoms with Crippen molar-refractivity contribution < 1.29 is 14.7 Å². The molecule has 0 unspecified atom stereocenters. The molecule has 9 heteroatoms. The van der Waals surface area contributed by atoms with E-state index in [-0.39, 0.29) is 41.0 Å². The predicted octanol–water partition coefficient (Wildman–Crippen LogP) is 3.68. The highest BCUT2D eigenvalue weighted by Crippen LogP contribution is 2.46. The summed E-state index contributed by atoms with van der Waals surface area (Å²) in [6, 6.07) is 3.41. The molecule has 0 atom stereocenters. The number of pyridine rings is 2. The van der Waals surface area contributed by atoms with Crippen molar-refractivity contribution in [3.8, 4) is 11.1 Å². The van der Waals surface area contributed by atoms with Crippen molar-refractivity contribution in [1.29, 1.82) is 0 Å². The van der Waals surface area contributed by atoms with E-state index in [1.165, 1.54) is 20.6 Å². The van der Waals surface area contributed by atoms with E-state index in [9.17, 15) is 19.5 Å². The van der Waals surface area contributed by atoms with Gasteiger partial charge in [-0.05, 0) is 66.3 Å². The van der Waals surface area contributed by atoms with Crippen molar-refractivity contribution in [2.45, 2.75) is 52.6 Å². The smallest absolute Gasteiger partial charge is 0.274 e. The SMILES string of the molecule is Cn1cc(-c2ccnc(N3CCc4c(sc5c4CC(C)(C)C5)C3=O)c2CO)cc(NC(=O)C2CC2)c1=O. The Morgan fingerprint density at radius 3 is 2.76 bits per heavy atom. The molecule has 0 saturated heterocycles. The molecule has 0 bridgehead atoms. The summed E-state index contributed by atoms with van der Waals surface area (Å²) in [5.41, 5.74) is 4.52. The fraction of sp³-hybridized carbons (Fsp3) is 0.429. The van der Waals surface area contributed by atoms with E-state index in [0.717, 1.165) is 37.0 Å². The molecule has 3 aromatic rings. The first-order valence-corrected chi connectivity index (χ1v) is 13.5. The first-order chi connectivity index (χ1) is 17.7. The lowest BCUT2D eigenvalue weighted by atomic mass is 9.89. The molecule has 0 aromatic carbocycles. The Balaban J connectivity index is 1.37. The van der Waals surface area contributed by atoms with Crippen molar-refractivity contribution in [3.05, 3.63) is 61.3 Å². The van der Waals surface area contributed by atoms with Crippen LogP contribution in [0.15, 0.2) is 29.3 Å². The van der Waals surface area contributed by atoms with Crippen molar-refractivity contribution in [3.63, 3.8) is 0 Å². The van der Waals surface area contributed by atoms with Crippen LogP contribution in [0.4, 0.5) is 11.5 Å². The molecule has 1 saturated carbocycles. The zero-order valence-electron chi connectivity index (χ0n) is 21.3. The second kappa shape index (κ2) is 8.63. The van der Waals surface area contributed by atoms with E-state index in [1.807, 2.05) is 0 Å². The van der Waals surface area contributed by atoms with Crippen LogP contribution in [-0.2, 0) is 37.7 Å². The third-order valence-corrected chi connectivity index (χ3v) is 8.93. The van der Waals surface area contributed by atoms with Gasteiger partial charge < -0.3 is 15.0 Å². The number of hydrogen-bond donors (Lipinski definition) is 2. The third-order valence-electron chi connectivity index (χ3n) is 7.67. The molecule has 1 aliphatic heterocycles. The summed E-state index contributed by atoms with van der Waals surface area (Å²) in [7, 11) is 1.63. The molecule has 4 heterocycles. The molecule has 2 aliphatic carbocycles. The number of carbonyl (C=O) groups is 2. The zero-order valence-corrected chi connectivity index (χ0v) is 22.1. The molecule has 3 aromatic heterocycles. The first-order valence-electron chi connectivity index (χ1n) is 12.7. The number of aromatic nitrogens is 2. The van der Waals surface area contributed by atoms with Crippen LogP contribution in [0.1, 0.15) is 57.9 Å². The fourth-order valence-corrected chi connectivity index (χ4v) is 7.21. The molecular weight excluding hydrogens is 488 g/mol. The second-order valence-corrected chi connectivity index (χ2v) is 12.3. The van der Waals surface area contributed by atoms with Gasteiger partial charge in [0.25, 0.3) is 11.5 Å². The summed E-state index contributed by atoms with van der Waals surface area (Å²) in [4.78, 5) is 47.0. The van der Waals surface area contributed by atoms with Gasteiger partial charge in [0, 0.05) is 47.9 Å². The third kappa shape index (κ3) is 4.10. The van der Waals surface area contributed by atoms with Gasteiger partial charge >= 0.3 is 0 Å². The number of nitrogens with zero attached hydrogens (tertiary/aromatic N) is 3. The highest BCUT2D eigenvalue weighted by molar-refractivity contribution is 7.14. The number of anilines is 2. The van der Waals surface area contributed by atoms with Crippen LogP contribution in [0.5, 0.6) is 0 Å². The molecule has 192 valence electrons. The molecule has 37 heavy (non-hydrogen) atoms. The van der Waals surface area contributed by atoms with Gasteiger partial charge in [0.1, 0.15) is 11.5 Å². The standard InChI is InChI=1S/C28H30N4O4S/c1-28(2)11-19-18-7-9-32(27(36)23(18)37-22(19)12-28)24-20(14-33)17(6-8-29-24)16-10-21(26(35)31(3)13-16)30-25(34)15-4-5-15/h6,8,10,13,15,33H,4-5,7,9,11-12,14H2,1-3H3,(H,30,34). The van der Waals surface area contributed by atoms with Gasteiger partial charge in [-0.25, -0.2) is 4.98 Å². The molecule has 2 amide bonds. The number of aryl methyl sites for hydroxylation is 1. The number of fused-ring (bicyclic) bond motifs is 3. The van der Waals surface area contributed by atoms with E-state index in [0.29, 0.717) is 29.1 Å². The average molecular weight is 519 g/mol. The number of aliphatic hydroxyl groups is 1. The molecule has 0 spiro atoms. The maximum Gasteiger partial charge on any atom is 0.274 e. The Bertz CT molecular complexity index is 1520. The van der Waals surface area contributed by atoms with Gasteiger partial charge in [-0.2, -0.15) is 0 Å². The van der Waals surface area contributed by atoms with E-state index < -0.39 is 0 Å². The highest BCUT2D eigenvalue weighted by atomic mass is 32.1. The Hall–Kier alpha value is -3.30. The zero-order chi connectivity index (χ0) is 26.1. The van der Waals surface area contributed by atoms with E-state index in [4.69, 9.17) is 0 Å². The quantitative estimate of drug-likeness (QED) is 0.536. The fourth-order valence-electron chi connectivity index (χ4n) is 5.63. The Kier molecular flexibility index (Phi) is 5.61. The van der Waals surface area contributed by atoms with Gasteiger partial charge in [-0.1, -0.05) is 13.8 Å². The summed E-state index contributed by atoms with van der Waals surface area (Å²) in [5, 5.41) is 13.2. The minimum atomic E-state index is -0.323. The van der Waals surface area contributed by atoms with Crippen LogP contribution in [0.25, 0.3) is 11.1 Å². The largest absolute Gasteiger partial charge is 0.392 e. The van der Waals surface area contributed by atoms with Crippen LogP contribution in [0.2, 0.25) is 0 Å². The summed E-state index contributed by atoms with van der Waals surface area (Å²) < 4.78 is 1.42. The second-order valence-electron chi connectivity index (χ2n) is 11.2. The maximum absolute atomic E-state index is 13.7. The minimum absolute atomic E-state index is 0.0337. The predicted molar refractivity (Wildman–Crippen MR) is 143 cm³/mol. The van der Waals surface area contributed by atoms with E-state index in [1.54, 1.807) is 47.8 Å². The Labute approximate surface area is 219 Å². The molecule has 0 radical (unpaired) electrons. The Morgan fingerprint density at radius 2 is 2.03 bits per heavy atom. The van der Waals surface area contributed by atoms with E-state index in [2.05, 4.69) is 24.1 Å². The van der Waals surface area contributed by atoms with Crippen LogP contribution in [0.3, 0.4) is 0 Å². The van der Waals surface area contributed by atoms with Crippen LogP contribution >= 0.6 is 11.3 Å². The van der Waals surface area contributed by atoms with Gasteiger partial charge in [0.2, 0.25) is 5.91 Å². The van der Waals surface area contributed by atoms with Crippen molar-refractivity contribution in [2.24, 2.45) is 18.4 Å². The Morgan fingerprint density at radius 1 is 1.24 bits per heavy atom. The molecule has 1 fully saturated rings. The number of rotatable bonds is 5. The number of thiophene rings is 1. The molecule has 6 rings (SSSR count). The average Bonchev–Trinajstić information content (AvgIpc) is 3.60. The number of nitrogens with one attached hydrogen (secondary N) is 1. The molecule has 3 aliphatic rings. The summed E-state index contributed by atoms with van der Waals surface area (Å²) in [6.07, 6.45) is 7.73. The topological polar surface area (TPSA) is 105 Å². The molecular formula is C28H30N4O4S. The van der Waals surface area contributed by atoms with Gasteiger partial charge in [0.15, 0.2) is 0 Å². The lowest BCUT2D eigenvalue weighted by Crippen LogP contribution is -2.38. The monoisotopic (exact) mass is 518 g/mol. The maximum atomic E-state index is 13.7. The van der Waals surface area contributed by atoms with Crippen LogP contribution < -0.4 is 15.8 Å². The number of hydrogen-bond acceptors (Lipinski definition) is 6. The highest BCUT2D eigenvalue weighted by Gasteiger charge is 2.39. The lowest BCUT2D eigenvalue weighted by Gasteiger charge is -2.29. The lowest BCUT2D eigenvalue weighted by molar-refractivity contribution is -0.117. The van der Waals surface area contributed by atoms with Crippen molar-refractivity contribution in [2.75, 3.05) is 16.8 Å². The normalized spacial score (nSPS) is 18.1. The van der Waals surface area contributed by atoms with Crippen LogP contribution in [-0.4, -0.2) is 33.0 Å². The van der Waals surface area contributed by atoms with E-state index >= 15 is 0 Å². The van der Waals surface area contributed by atoms with Gasteiger partial charge in [0.05, 0.1) is 11.5 Å². The summed E-state index contributed by atoms with van der Waals surface area (Å²) >= 11 is 1.61. The van der Waals surface area contributed by atoms with Crippen molar-refractivity contribution in [1.82, 2.24) is 9.55 Å². The number of carbonyl (C=O) groups excluding carboxylic acids is 2. The first kappa shape index (κ1) is 24.1. The van der Waals surface area contributed by atoms with Crippen LogP contribution in [0, 0.1) is 11.3 Å².